The van der Waals surface area contributed by atoms with Crippen LogP contribution in [-0.2, 0) is 9.53 Å². The number of ether oxygens (including phenoxy) is 1. The van der Waals surface area contributed by atoms with Crippen LogP contribution in [0.2, 0.25) is 0 Å². The lowest BCUT2D eigenvalue weighted by atomic mass is 10.0. The summed E-state index contributed by atoms with van der Waals surface area (Å²) in [5, 5.41) is 28.7. The van der Waals surface area contributed by atoms with Gasteiger partial charge >= 0.3 is 5.97 Å². The number of hydrogen-bond donors (Lipinski definition) is 3. The molecule has 0 fully saturated rings. The third-order valence-electron chi connectivity index (χ3n) is 2.07. The Morgan fingerprint density at radius 2 is 2.06 bits per heavy atom. The van der Waals surface area contributed by atoms with Gasteiger partial charge in [0.1, 0.15) is 11.9 Å². The summed E-state index contributed by atoms with van der Waals surface area (Å²) in [5.74, 6) is -1.19. The van der Waals surface area contributed by atoms with Gasteiger partial charge in [-0.1, -0.05) is 22.0 Å². The maximum Gasteiger partial charge on any atom is 0.337 e. The van der Waals surface area contributed by atoms with Crippen LogP contribution < -0.4 is 0 Å². The highest BCUT2D eigenvalue weighted by Gasteiger charge is 2.29. The molecule has 1 aromatic rings. The Labute approximate surface area is 100 Å². The van der Waals surface area contributed by atoms with Crippen molar-refractivity contribution in [2.24, 2.45) is 0 Å². The minimum absolute atomic E-state index is 0.0420. The predicted octanol–water partition coefficient (Wildman–Crippen LogP) is 0.722. The normalized spacial score (nSPS) is 14.2. The van der Waals surface area contributed by atoms with E-state index in [9.17, 15) is 20.1 Å². The quantitative estimate of drug-likeness (QED) is 0.714. The van der Waals surface area contributed by atoms with Crippen LogP contribution in [0.25, 0.3) is 0 Å². The molecular formula is C10H11BrO5. The summed E-state index contributed by atoms with van der Waals surface area (Å²) >= 11 is 3.10. The van der Waals surface area contributed by atoms with Gasteiger partial charge in [0.05, 0.1) is 7.11 Å². The lowest BCUT2D eigenvalue weighted by Crippen LogP contribution is -2.29. The number of aliphatic hydroxyl groups excluding tert-OH is 2. The fourth-order valence-electron chi connectivity index (χ4n) is 1.23. The highest BCUT2D eigenvalue weighted by molar-refractivity contribution is 9.10. The molecule has 0 heterocycles. The second-order valence-corrected chi connectivity index (χ2v) is 3.94. The Kier molecular flexibility index (Phi) is 4.28. The number of methoxy groups -OCH3 is 1. The lowest BCUT2D eigenvalue weighted by molar-refractivity contribution is -0.156. The van der Waals surface area contributed by atoms with Gasteiger partial charge in [-0.15, -0.1) is 0 Å². The Morgan fingerprint density at radius 3 is 2.56 bits per heavy atom. The highest BCUT2D eigenvalue weighted by atomic mass is 79.9. The number of esters is 1. The van der Waals surface area contributed by atoms with Crippen molar-refractivity contribution in [2.75, 3.05) is 7.11 Å². The number of aliphatic hydroxyl groups is 2. The molecule has 3 N–H and O–H groups in total. The van der Waals surface area contributed by atoms with Crippen molar-refractivity contribution in [1.82, 2.24) is 0 Å². The Morgan fingerprint density at radius 1 is 1.44 bits per heavy atom. The fraction of sp³-hybridized carbons (Fsp3) is 0.300. The Bertz CT molecular complexity index is 373. The molecule has 0 amide bonds. The van der Waals surface area contributed by atoms with Crippen LogP contribution in [0.3, 0.4) is 0 Å². The number of rotatable bonds is 3. The van der Waals surface area contributed by atoms with E-state index in [1.807, 2.05) is 0 Å². The van der Waals surface area contributed by atoms with Gasteiger partial charge in [0.25, 0.3) is 0 Å². The van der Waals surface area contributed by atoms with Crippen LogP contribution in [0, 0.1) is 0 Å². The standard InChI is InChI=1S/C10H11BrO5/c1-16-10(15)9(14)8(13)7-5(11)3-2-4-6(7)12/h2-4,8-9,12-14H,1H3. The van der Waals surface area contributed by atoms with E-state index < -0.39 is 18.2 Å². The van der Waals surface area contributed by atoms with E-state index >= 15 is 0 Å². The SMILES string of the molecule is COC(=O)C(O)C(O)c1c(O)cccc1Br. The van der Waals surface area contributed by atoms with Gasteiger partial charge in [-0.25, -0.2) is 4.79 Å². The molecule has 6 heteroatoms. The largest absolute Gasteiger partial charge is 0.508 e. The minimum atomic E-state index is -1.74. The summed E-state index contributed by atoms with van der Waals surface area (Å²) < 4.78 is 4.68. The third kappa shape index (κ3) is 2.52. The minimum Gasteiger partial charge on any atom is -0.508 e. The van der Waals surface area contributed by atoms with E-state index in [4.69, 9.17) is 0 Å². The second-order valence-electron chi connectivity index (χ2n) is 3.09. The van der Waals surface area contributed by atoms with Crippen LogP contribution in [0.1, 0.15) is 11.7 Å². The third-order valence-corrected chi connectivity index (χ3v) is 2.76. The van der Waals surface area contributed by atoms with Crippen LogP contribution >= 0.6 is 15.9 Å². The van der Waals surface area contributed by atoms with Crippen molar-refractivity contribution >= 4 is 21.9 Å². The van der Waals surface area contributed by atoms with E-state index in [1.54, 1.807) is 12.1 Å². The number of carbonyl (C=O) groups is 1. The molecule has 0 aromatic heterocycles. The number of carbonyl (C=O) groups excluding carboxylic acids is 1. The number of benzene rings is 1. The van der Waals surface area contributed by atoms with Gasteiger partial charge in [0, 0.05) is 10.0 Å². The molecule has 0 saturated carbocycles. The molecule has 0 aliphatic rings. The van der Waals surface area contributed by atoms with Gasteiger partial charge < -0.3 is 20.1 Å². The number of hydrogen-bond acceptors (Lipinski definition) is 5. The summed E-state index contributed by atoms with van der Waals surface area (Å²) in [6.07, 6.45) is -3.29. The van der Waals surface area contributed by atoms with E-state index in [-0.39, 0.29) is 11.3 Å². The Hall–Kier alpha value is -1.11. The molecule has 88 valence electrons. The zero-order chi connectivity index (χ0) is 12.3. The lowest BCUT2D eigenvalue weighted by Gasteiger charge is -2.18. The zero-order valence-corrected chi connectivity index (χ0v) is 10.0. The number of halogens is 1. The highest BCUT2D eigenvalue weighted by Crippen LogP contribution is 2.33. The first kappa shape index (κ1) is 13.0. The smallest absolute Gasteiger partial charge is 0.337 e. The van der Waals surface area contributed by atoms with E-state index in [0.717, 1.165) is 7.11 Å². The molecule has 2 unspecified atom stereocenters. The molecule has 0 spiro atoms. The van der Waals surface area contributed by atoms with Crippen molar-refractivity contribution in [2.45, 2.75) is 12.2 Å². The number of phenolic OH excluding ortho intramolecular Hbond substituents is 1. The van der Waals surface area contributed by atoms with Gasteiger partial charge in [-0.05, 0) is 12.1 Å². The van der Waals surface area contributed by atoms with Crippen molar-refractivity contribution < 1.29 is 24.9 Å². The topological polar surface area (TPSA) is 87.0 Å². The molecule has 1 aromatic carbocycles. The maximum atomic E-state index is 11.0. The molecule has 0 aliphatic heterocycles. The monoisotopic (exact) mass is 290 g/mol. The number of aromatic hydroxyl groups is 1. The summed E-state index contributed by atoms with van der Waals surface area (Å²) in [7, 11) is 1.10. The first-order chi connectivity index (χ1) is 7.49. The van der Waals surface area contributed by atoms with Crippen molar-refractivity contribution in [3.05, 3.63) is 28.2 Å². The molecule has 1 rings (SSSR count). The van der Waals surface area contributed by atoms with Gasteiger partial charge in [-0.3, -0.25) is 0 Å². The molecule has 0 aliphatic carbocycles. The van der Waals surface area contributed by atoms with Crippen molar-refractivity contribution in [3.63, 3.8) is 0 Å². The maximum absolute atomic E-state index is 11.0. The van der Waals surface area contributed by atoms with Crippen molar-refractivity contribution in [1.29, 1.82) is 0 Å². The van der Waals surface area contributed by atoms with Gasteiger partial charge in [0.15, 0.2) is 6.10 Å². The van der Waals surface area contributed by atoms with Gasteiger partial charge in [0.2, 0.25) is 0 Å². The molecule has 0 radical (unpaired) electrons. The first-order valence-electron chi connectivity index (χ1n) is 4.40. The average Bonchev–Trinajstić information content (AvgIpc) is 2.26. The van der Waals surface area contributed by atoms with Gasteiger partial charge in [-0.2, -0.15) is 0 Å². The van der Waals surface area contributed by atoms with E-state index in [0.29, 0.717) is 4.47 Å². The van der Waals surface area contributed by atoms with Crippen LogP contribution in [0.5, 0.6) is 5.75 Å². The number of phenols is 1. The average molecular weight is 291 g/mol. The van der Waals surface area contributed by atoms with Crippen molar-refractivity contribution in [3.8, 4) is 5.75 Å². The summed E-state index contributed by atoms with van der Waals surface area (Å²) in [5.41, 5.74) is 0.0420. The summed E-state index contributed by atoms with van der Waals surface area (Å²) in [6.45, 7) is 0. The first-order valence-corrected chi connectivity index (χ1v) is 5.19. The Balaban J connectivity index is 3.04. The molecule has 5 nitrogen and oxygen atoms in total. The summed E-state index contributed by atoms with van der Waals surface area (Å²) in [4.78, 5) is 11.0. The molecule has 2 atom stereocenters. The predicted molar refractivity (Wildman–Crippen MR) is 58.8 cm³/mol. The van der Waals surface area contributed by atoms with E-state index in [2.05, 4.69) is 20.7 Å². The molecular weight excluding hydrogens is 280 g/mol. The van der Waals surface area contributed by atoms with E-state index in [1.165, 1.54) is 6.07 Å². The molecule has 0 saturated heterocycles. The second kappa shape index (κ2) is 5.29. The van der Waals surface area contributed by atoms with Crippen LogP contribution in [0.4, 0.5) is 0 Å². The summed E-state index contributed by atoms with van der Waals surface area (Å²) in [6, 6.07) is 4.47. The van der Waals surface area contributed by atoms with Crippen LogP contribution in [-0.4, -0.2) is 34.5 Å². The zero-order valence-electron chi connectivity index (χ0n) is 8.42. The van der Waals surface area contributed by atoms with Crippen LogP contribution in [0.15, 0.2) is 22.7 Å². The molecule has 16 heavy (non-hydrogen) atoms. The fourth-order valence-corrected chi connectivity index (χ4v) is 1.82. The molecule has 0 bridgehead atoms.